The molecule has 2 saturated carbocycles. The van der Waals surface area contributed by atoms with Gasteiger partial charge in [0.2, 0.25) is 5.91 Å². The first kappa shape index (κ1) is 15.1. The summed E-state index contributed by atoms with van der Waals surface area (Å²) < 4.78 is 2.16. The Morgan fingerprint density at radius 3 is 2.72 bits per heavy atom. The van der Waals surface area contributed by atoms with E-state index in [2.05, 4.69) is 26.9 Å². The number of fused-ring (bicyclic) bond motifs is 3. The van der Waals surface area contributed by atoms with Gasteiger partial charge in [-0.2, -0.15) is 0 Å². The zero-order valence-electron chi connectivity index (χ0n) is 14.5. The Labute approximate surface area is 148 Å². The maximum atomic E-state index is 12.8. The molecule has 2 aromatic rings. The number of aromatic nitrogens is 3. The fourth-order valence-corrected chi connectivity index (χ4v) is 5.15. The summed E-state index contributed by atoms with van der Waals surface area (Å²) in [5, 5.41) is 8.73. The van der Waals surface area contributed by atoms with E-state index >= 15 is 0 Å². The molecule has 0 saturated heterocycles. The number of hydrogen-bond acceptors (Lipinski definition) is 3. The highest BCUT2D eigenvalue weighted by molar-refractivity contribution is 5.76. The fraction of sp³-hybridized carbons (Fsp3) is 0.550. The topological polar surface area (TPSA) is 51.0 Å². The predicted octanol–water partition coefficient (Wildman–Crippen LogP) is 3.11. The number of hydrogen-bond donors (Lipinski definition) is 0. The number of carbonyl (C=O) groups excluding carboxylic acids is 1. The van der Waals surface area contributed by atoms with Gasteiger partial charge < -0.3 is 9.47 Å². The molecule has 0 N–H and O–H groups in total. The summed E-state index contributed by atoms with van der Waals surface area (Å²) in [5.41, 5.74) is 1.09. The molecule has 1 aromatic heterocycles. The van der Waals surface area contributed by atoms with Gasteiger partial charge in [-0.1, -0.05) is 36.8 Å². The van der Waals surface area contributed by atoms with E-state index in [4.69, 9.17) is 0 Å². The number of rotatable bonds is 3. The smallest absolute Gasteiger partial charge is 0.223 e. The first-order valence-electron chi connectivity index (χ1n) is 9.53. The Kier molecular flexibility index (Phi) is 3.61. The Hall–Kier alpha value is -2.17. The first-order valence-corrected chi connectivity index (χ1v) is 9.53. The van der Waals surface area contributed by atoms with Crippen molar-refractivity contribution in [1.82, 2.24) is 19.7 Å². The van der Waals surface area contributed by atoms with Crippen LogP contribution in [0.3, 0.4) is 0 Å². The second-order valence-electron chi connectivity index (χ2n) is 7.91. The van der Waals surface area contributed by atoms with E-state index in [0.29, 0.717) is 18.4 Å². The summed E-state index contributed by atoms with van der Waals surface area (Å²) in [7, 11) is 0. The molecule has 25 heavy (non-hydrogen) atoms. The number of amides is 1. The molecule has 0 spiro atoms. The molecule has 1 aromatic carbocycles. The summed E-state index contributed by atoms with van der Waals surface area (Å²) >= 11 is 0. The maximum absolute atomic E-state index is 12.8. The van der Waals surface area contributed by atoms with E-state index in [1.807, 2.05) is 23.1 Å². The van der Waals surface area contributed by atoms with E-state index < -0.39 is 0 Å². The normalized spacial score (nSPS) is 27.5. The molecule has 2 aliphatic carbocycles. The molecule has 5 nitrogen and oxygen atoms in total. The molecule has 2 heterocycles. The minimum absolute atomic E-state index is 0.313. The Morgan fingerprint density at radius 1 is 1.08 bits per heavy atom. The standard InChI is InChI=1S/C20H24N4O/c25-19(12-17-11-14-6-7-16(17)10-14)23-8-9-24-18(13-23)21-22-20(24)15-4-2-1-3-5-15/h1-5,14,16-17H,6-13H2/t14-,16-,17-/m0/s1. The van der Waals surface area contributed by atoms with Crippen LogP contribution >= 0.6 is 0 Å². The van der Waals surface area contributed by atoms with Gasteiger partial charge in [0, 0.05) is 25.1 Å². The quantitative estimate of drug-likeness (QED) is 0.865. The zero-order chi connectivity index (χ0) is 16.8. The average Bonchev–Trinajstić information content (AvgIpc) is 3.37. The first-order chi connectivity index (χ1) is 12.3. The molecule has 5 rings (SSSR count). The average molecular weight is 336 g/mol. The number of benzene rings is 1. The molecular weight excluding hydrogens is 312 g/mol. The third-order valence-corrected chi connectivity index (χ3v) is 6.46. The Morgan fingerprint density at radius 2 is 1.96 bits per heavy atom. The van der Waals surface area contributed by atoms with Crippen LogP contribution in [0.5, 0.6) is 0 Å². The SMILES string of the molecule is O=C(C[C@@H]1C[C@H]2CC[C@H]1C2)N1CCn2c(nnc2-c2ccccc2)C1. The van der Waals surface area contributed by atoms with Crippen molar-refractivity contribution in [2.24, 2.45) is 17.8 Å². The lowest BCUT2D eigenvalue weighted by atomic mass is 9.86. The third kappa shape index (κ3) is 2.66. The van der Waals surface area contributed by atoms with E-state index in [9.17, 15) is 4.79 Å². The summed E-state index contributed by atoms with van der Waals surface area (Å²) in [6, 6.07) is 10.2. The van der Waals surface area contributed by atoms with E-state index in [-0.39, 0.29) is 0 Å². The zero-order valence-corrected chi connectivity index (χ0v) is 14.5. The minimum atomic E-state index is 0.313. The van der Waals surface area contributed by atoms with Gasteiger partial charge in [-0.3, -0.25) is 4.79 Å². The lowest BCUT2D eigenvalue weighted by molar-refractivity contribution is -0.134. The molecule has 2 bridgehead atoms. The highest BCUT2D eigenvalue weighted by Gasteiger charge is 2.41. The van der Waals surface area contributed by atoms with Crippen molar-refractivity contribution in [1.29, 1.82) is 0 Å². The van der Waals surface area contributed by atoms with Gasteiger partial charge in [0.1, 0.15) is 0 Å². The molecule has 1 amide bonds. The predicted molar refractivity (Wildman–Crippen MR) is 94.4 cm³/mol. The second-order valence-corrected chi connectivity index (χ2v) is 7.91. The van der Waals surface area contributed by atoms with Gasteiger partial charge >= 0.3 is 0 Å². The van der Waals surface area contributed by atoms with Crippen molar-refractivity contribution in [3.63, 3.8) is 0 Å². The Bertz CT molecular complexity index is 784. The van der Waals surface area contributed by atoms with Crippen LogP contribution in [0, 0.1) is 17.8 Å². The second kappa shape index (κ2) is 5.97. The van der Waals surface area contributed by atoms with Crippen molar-refractivity contribution in [2.75, 3.05) is 6.54 Å². The van der Waals surface area contributed by atoms with Crippen LogP contribution in [-0.2, 0) is 17.9 Å². The van der Waals surface area contributed by atoms with E-state index in [0.717, 1.165) is 48.6 Å². The molecule has 5 heteroatoms. The summed E-state index contributed by atoms with van der Waals surface area (Å²) in [6.45, 7) is 2.15. The molecule has 1 aliphatic heterocycles. The van der Waals surface area contributed by atoms with E-state index in [1.54, 1.807) is 0 Å². The van der Waals surface area contributed by atoms with Crippen LogP contribution in [0.25, 0.3) is 11.4 Å². The van der Waals surface area contributed by atoms with Gasteiger partial charge in [-0.05, 0) is 37.0 Å². The van der Waals surface area contributed by atoms with Crippen LogP contribution in [-0.4, -0.2) is 32.1 Å². The van der Waals surface area contributed by atoms with Crippen LogP contribution in [0.15, 0.2) is 30.3 Å². The van der Waals surface area contributed by atoms with Crippen molar-refractivity contribution >= 4 is 5.91 Å². The number of carbonyl (C=O) groups is 1. The van der Waals surface area contributed by atoms with Crippen LogP contribution in [0.4, 0.5) is 0 Å². The minimum Gasteiger partial charge on any atom is -0.333 e. The lowest BCUT2D eigenvalue weighted by Gasteiger charge is -2.30. The highest BCUT2D eigenvalue weighted by Crippen LogP contribution is 2.49. The van der Waals surface area contributed by atoms with Gasteiger partial charge in [0.25, 0.3) is 0 Å². The Balaban J connectivity index is 1.28. The molecule has 2 fully saturated rings. The molecule has 130 valence electrons. The summed E-state index contributed by atoms with van der Waals surface area (Å²) in [4.78, 5) is 14.8. The fourth-order valence-electron chi connectivity index (χ4n) is 5.15. The van der Waals surface area contributed by atoms with Gasteiger partial charge in [-0.25, -0.2) is 0 Å². The largest absolute Gasteiger partial charge is 0.333 e. The molecule has 3 atom stereocenters. The van der Waals surface area contributed by atoms with Crippen molar-refractivity contribution in [2.45, 2.75) is 45.2 Å². The van der Waals surface area contributed by atoms with Gasteiger partial charge in [0.05, 0.1) is 6.54 Å². The van der Waals surface area contributed by atoms with Gasteiger partial charge in [-0.15, -0.1) is 10.2 Å². The van der Waals surface area contributed by atoms with E-state index in [1.165, 1.54) is 25.7 Å². The van der Waals surface area contributed by atoms with Crippen LogP contribution in [0.2, 0.25) is 0 Å². The van der Waals surface area contributed by atoms with Crippen molar-refractivity contribution < 1.29 is 4.79 Å². The summed E-state index contributed by atoms with van der Waals surface area (Å²) in [6.07, 6.45) is 6.12. The highest BCUT2D eigenvalue weighted by atomic mass is 16.2. The lowest BCUT2D eigenvalue weighted by Crippen LogP contribution is -2.39. The monoisotopic (exact) mass is 336 g/mol. The van der Waals surface area contributed by atoms with Crippen LogP contribution in [0.1, 0.15) is 37.9 Å². The number of nitrogens with zero attached hydrogens (tertiary/aromatic N) is 4. The van der Waals surface area contributed by atoms with Crippen molar-refractivity contribution in [3.8, 4) is 11.4 Å². The third-order valence-electron chi connectivity index (χ3n) is 6.46. The molecule has 0 radical (unpaired) electrons. The van der Waals surface area contributed by atoms with Gasteiger partial charge in [0.15, 0.2) is 11.6 Å². The maximum Gasteiger partial charge on any atom is 0.223 e. The van der Waals surface area contributed by atoms with Crippen molar-refractivity contribution in [3.05, 3.63) is 36.2 Å². The van der Waals surface area contributed by atoms with Crippen LogP contribution < -0.4 is 0 Å². The molecule has 3 aliphatic rings. The molecule has 0 unspecified atom stereocenters. The molecular formula is C20H24N4O. The summed E-state index contributed by atoms with van der Waals surface area (Å²) in [5.74, 6) is 4.48.